The molecule has 0 aromatic heterocycles. The van der Waals surface area contributed by atoms with Crippen molar-refractivity contribution in [1.82, 2.24) is 0 Å². The van der Waals surface area contributed by atoms with Crippen molar-refractivity contribution in [1.29, 1.82) is 0 Å². The second kappa shape index (κ2) is 5.55. The summed E-state index contributed by atoms with van der Waals surface area (Å²) >= 11 is 3.54. The minimum atomic E-state index is -0.100. The van der Waals surface area contributed by atoms with Gasteiger partial charge < -0.3 is 10.6 Å². The number of halogens is 1. The van der Waals surface area contributed by atoms with E-state index in [1.807, 2.05) is 32.3 Å². The van der Waals surface area contributed by atoms with Crippen LogP contribution < -0.4 is 10.6 Å². The summed E-state index contributed by atoms with van der Waals surface area (Å²) < 4.78 is 1.05. The van der Waals surface area contributed by atoms with Gasteiger partial charge in [-0.15, -0.1) is 0 Å². The standard InChI is InChI=1S/C15H17BrN2/c1-18(2)12-9-7-11(8-10-12)15(17)13-5-3-4-6-14(13)16/h3-10,15H,17H2,1-2H3. The Balaban J connectivity index is 2.29. The number of nitrogens with zero attached hydrogens (tertiary/aromatic N) is 1. The Bertz CT molecular complexity index is 520. The van der Waals surface area contributed by atoms with Gasteiger partial charge in [0.15, 0.2) is 0 Å². The summed E-state index contributed by atoms with van der Waals surface area (Å²) in [5, 5.41) is 0. The molecule has 3 heteroatoms. The fourth-order valence-electron chi connectivity index (χ4n) is 1.89. The van der Waals surface area contributed by atoms with Crippen LogP contribution in [-0.2, 0) is 0 Å². The molecule has 0 saturated heterocycles. The summed E-state index contributed by atoms with van der Waals surface area (Å²) in [4.78, 5) is 2.08. The zero-order chi connectivity index (χ0) is 13.1. The predicted molar refractivity (Wildman–Crippen MR) is 80.9 cm³/mol. The van der Waals surface area contributed by atoms with Gasteiger partial charge in [0, 0.05) is 24.3 Å². The van der Waals surface area contributed by atoms with Crippen LogP contribution in [0, 0.1) is 0 Å². The molecule has 18 heavy (non-hydrogen) atoms. The van der Waals surface area contributed by atoms with Crippen molar-refractivity contribution < 1.29 is 0 Å². The van der Waals surface area contributed by atoms with Gasteiger partial charge in [-0.2, -0.15) is 0 Å². The number of hydrogen-bond acceptors (Lipinski definition) is 2. The van der Waals surface area contributed by atoms with Crippen molar-refractivity contribution in [2.45, 2.75) is 6.04 Å². The molecule has 94 valence electrons. The van der Waals surface area contributed by atoms with Gasteiger partial charge in [-0.05, 0) is 29.3 Å². The molecule has 0 aliphatic rings. The highest BCUT2D eigenvalue weighted by atomic mass is 79.9. The van der Waals surface area contributed by atoms with Crippen molar-refractivity contribution in [3.8, 4) is 0 Å². The largest absolute Gasteiger partial charge is 0.378 e. The molecule has 0 heterocycles. The molecule has 2 aromatic carbocycles. The molecular formula is C15H17BrN2. The van der Waals surface area contributed by atoms with E-state index in [4.69, 9.17) is 5.73 Å². The van der Waals surface area contributed by atoms with Crippen molar-refractivity contribution >= 4 is 21.6 Å². The van der Waals surface area contributed by atoms with E-state index in [1.165, 1.54) is 5.69 Å². The van der Waals surface area contributed by atoms with Crippen LogP contribution in [0.3, 0.4) is 0 Å². The van der Waals surface area contributed by atoms with Crippen LogP contribution in [0.5, 0.6) is 0 Å². The number of anilines is 1. The van der Waals surface area contributed by atoms with E-state index >= 15 is 0 Å². The maximum atomic E-state index is 6.30. The first-order valence-electron chi connectivity index (χ1n) is 5.87. The van der Waals surface area contributed by atoms with Gasteiger partial charge in [-0.25, -0.2) is 0 Å². The van der Waals surface area contributed by atoms with Crippen molar-refractivity contribution in [2.75, 3.05) is 19.0 Å². The van der Waals surface area contributed by atoms with Crippen LogP contribution in [0.1, 0.15) is 17.2 Å². The summed E-state index contributed by atoms with van der Waals surface area (Å²) in [6.07, 6.45) is 0. The Kier molecular flexibility index (Phi) is 4.04. The minimum Gasteiger partial charge on any atom is -0.378 e. The van der Waals surface area contributed by atoms with Crippen LogP contribution in [0.15, 0.2) is 53.0 Å². The van der Waals surface area contributed by atoms with Crippen molar-refractivity contribution in [3.05, 3.63) is 64.1 Å². The van der Waals surface area contributed by atoms with E-state index < -0.39 is 0 Å². The third-order valence-corrected chi connectivity index (χ3v) is 3.73. The van der Waals surface area contributed by atoms with Crippen LogP contribution in [0.4, 0.5) is 5.69 Å². The van der Waals surface area contributed by atoms with Gasteiger partial charge in [0.2, 0.25) is 0 Å². The average Bonchev–Trinajstić information content (AvgIpc) is 2.38. The van der Waals surface area contributed by atoms with Crippen LogP contribution in [0.2, 0.25) is 0 Å². The first-order chi connectivity index (χ1) is 8.59. The van der Waals surface area contributed by atoms with Crippen LogP contribution >= 0.6 is 15.9 Å². The molecule has 1 atom stereocenters. The summed E-state index contributed by atoms with van der Waals surface area (Å²) in [6.45, 7) is 0. The maximum Gasteiger partial charge on any atom is 0.0562 e. The number of hydrogen-bond donors (Lipinski definition) is 1. The Morgan fingerprint density at radius 3 is 2.17 bits per heavy atom. The molecular weight excluding hydrogens is 288 g/mol. The first-order valence-corrected chi connectivity index (χ1v) is 6.66. The number of rotatable bonds is 3. The predicted octanol–water partition coefficient (Wildman–Crippen LogP) is 3.56. The van der Waals surface area contributed by atoms with E-state index in [0.29, 0.717) is 0 Å². The zero-order valence-corrected chi connectivity index (χ0v) is 12.2. The quantitative estimate of drug-likeness (QED) is 0.939. The van der Waals surface area contributed by atoms with E-state index in [2.05, 4.69) is 51.2 Å². The molecule has 2 aromatic rings. The summed E-state index contributed by atoms with van der Waals surface area (Å²) in [6, 6.07) is 16.3. The Morgan fingerprint density at radius 2 is 1.61 bits per heavy atom. The highest BCUT2D eigenvalue weighted by Gasteiger charge is 2.11. The SMILES string of the molecule is CN(C)c1ccc(C(N)c2ccccc2Br)cc1. The average molecular weight is 305 g/mol. The third-order valence-electron chi connectivity index (χ3n) is 3.01. The minimum absolute atomic E-state index is 0.100. The Morgan fingerprint density at radius 1 is 1.00 bits per heavy atom. The lowest BCUT2D eigenvalue weighted by molar-refractivity contribution is 0.865. The van der Waals surface area contributed by atoms with Gasteiger partial charge in [-0.1, -0.05) is 46.3 Å². The second-order valence-electron chi connectivity index (χ2n) is 4.49. The molecule has 0 radical (unpaired) electrons. The van der Waals surface area contributed by atoms with Gasteiger partial charge in [-0.3, -0.25) is 0 Å². The lowest BCUT2D eigenvalue weighted by atomic mass is 9.99. The summed E-state index contributed by atoms with van der Waals surface area (Å²) in [7, 11) is 4.06. The van der Waals surface area contributed by atoms with Gasteiger partial charge >= 0.3 is 0 Å². The monoisotopic (exact) mass is 304 g/mol. The van der Waals surface area contributed by atoms with Crippen molar-refractivity contribution in [3.63, 3.8) is 0 Å². The Hall–Kier alpha value is -1.32. The highest BCUT2D eigenvalue weighted by molar-refractivity contribution is 9.10. The van der Waals surface area contributed by atoms with Crippen LogP contribution in [-0.4, -0.2) is 14.1 Å². The van der Waals surface area contributed by atoms with E-state index in [0.717, 1.165) is 15.6 Å². The summed E-state index contributed by atoms with van der Waals surface area (Å²) in [5.41, 5.74) is 9.70. The molecule has 0 bridgehead atoms. The molecule has 0 spiro atoms. The smallest absolute Gasteiger partial charge is 0.0562 e. The van der Waals surface area contributed by atoms with Gasteiger partial charge in [0.05, 0.1) is 6.04 Å². The molecule has 0 aliphatic heterocycles. The zero-order valence-electron chi connectivity index (χ0n) is 10.6. The topological polar surface area (TPSA) is 29.3 Å². The molecule has 0 fully saturated rings. The molecule has 2 rings (SSSR count). The van der Waals surface area contributed by atoms with Gasteiger partial charge in [0.25, 0.3) is 0 Å². The molecule has 0 saturated carbocycles. The molecule has 1 unspecified atom stereocenters. The van der Waals surface area contributed by atoms with Crippen LogP contribution in [0.25, 0.3) is 0 Å². The normalized spacial score (nSPS) is 12.2. The van der Waals surface area contributed by atoms with Crippen molar-refractivity contribution in [2.24, 2.45) is 5.73 Å². The first kappa shape index (κ1) is 13.1. The lowest BCUT2D eigenvalue weighted by Crippen LogP contribution is -2.13. The maximum absolute atomic E-state index is 6.30. The highest BCUT2D eigenvalue weighted by Crippen LogP contribution is 2.27. The number of benzene rings is 2. The van der Waals surface area contributed by atoms with Gasteiger partial charge in [0.1, 0.15) is 0 Å². The fraction of sp³-hybridized carbons (Fsp3) is 0.200. The fourth-order valence-corrected chi connectivity index (χ4v) is 2.42. The van der Waals surface area contributed by atoms with E-state index in [1.54, 1.807) is 0 Å². The van der Waals surface area contributed by atoms with E-state index in [9.17, 15) is 0 Å². The second-order valence-corrected chi connectivity index (χ2v) is 5.34. The Labute approximate surface area is 117 Å². The van der Waals surface area contributed by atoms with E-state index in [-0.39, 0.29) is 6.04 Å². The molecule has 2 N–H and O–H groups in total. The number of nitrogens with two attached hydrogens (primary N) is 1. The molecule has 0 aliphatic carbocycles. The third kappa shape index (κ3) is 2.74. The summed E-state index contributed by atoms with van der Waals surface area (Å²) in [5.74, 6) is 0. The lowest BCUT2D eigenvalue weighted by Gasteiger charge is -2.17. The molecule has 2 nitrogen and oxygen atoms in total. The molecule has 0 amide bonds.